The summed E-state index contributed by atoms with van der Waals surface area (Å²) in [6.07, 6.45) is 0.719. The van der Waals surface area contributed by atoms with Crippen LogP contribution in [0, 0.1) is 18.8 Å². The van der Waals surface area contributed by atoms with Crippen molar-refractivity contribution in [2.24, 2.45) is 11.8 Å². The Morgan fingerprint density at radius 1 is 1.09 bits per heavy atom. The van der Waals surface area contributed by atoms with Gasteiger partial charge < -0.3 is 14.5 Å². The molecule has 1 fully saturated rings. The minimum atomic E-state index is -1.06. The molecule has 6 nitrogen and oxygen atoms in total. The van der Waals surface area contributed by atoms with Crippen molar-refractivity contribution in [3.8, 4) is 5.75 Å². The fraction of sp³-hybridized carbons (Fsp3) is 0.444. The Labute approximate surface area is 196 Å². The van der Waals surface area contributed by atoms with Gasteiger partial charge in [0.1, 0.15) is 11.7 Å². The Bertz CT molecular complexity index is 1000. The maximum atomic E-state index is 13.7. The Hall–Kier alpha value is -2.99. The summed E-state index contributed by atoms with van der Waals surface area (Å²) in [5, 5.41) is 0. The number of ether oxygens (including phenoxy) is 1. The van der Waals surface area contributed by atoms with Gasteiger partial charge in [0.25, 0.3) is 5.91 Å². The van der Waals surface area contributed by atoms with Crippen LogP contribution in [0.5, 0.6) is 5.75 Å². The predicted octanol–water partition coefficient (Wildman–Crippen LogP) is 3.93. The number of ketones is 2. The van der Waals surface area contributed by atoms with Gasteiger partial charge in [-0.1, -0.05) is 44.2 Å². The van der Waals surface area contributed by atoms with E-state index >= 15 is 0 Å². The van der Waals surface area contributed by atoms with Crippen LogP contribution < -0.4 is 4.74 Å². The van der Waals surface area contributed by atoms with Gasteiger partial charge in [0.2, 0.25) is 5.78 Å². The van der Waals surface area contributed by atoms with E-state index in [4.69, 9.17) is 4.74 Å². The minimum absolute atomic E-state index is 0.315. The highest BCUT2D eigenvalue weighted by atomic mass is 16.5. The molecule has 0 aliphatic carbocycles. The number of carbonyl (C=O) groups is 3. The van der Waals surface area contributed by atoms with Crippen molar-refractivity contribution in [2.45, 2.75) is 33.2 Å². The van der Waals surface area contributed by atoms with Gasteiger partial charge in [-0.25, -0.2) is 0 Å². The number of nitrogens with zero attached hydrogens (tertiary/aromatic N) is 2. The third kappa shape index (κ3) is 5.69. The Balaban J connectivity index is 1.93. The molecule has 0 saturated carbocycles. The third-order valence-electron chi connectivity index (χ3n) is 5.88. The lowest BCUT2D eigenvalue weighted by Crippen LogP contribution is -2.33. The zero-order valence-electron chi connectivity index (χ0n) is 20.2. The Morgan fingerprint density at radius 2 is 1.79 bits per heavy atom. The fourth-order valence-electron chi connectivity index (χ4n) is 4.24. The maximum Gasteiger partial charge on any atom is 0.291 e. The van der Waals surface area contributed by atoms with E-state index in [1.54, 1.807) is 17.0 Å². The summed E-state index contributed by atoms with van der Waals surface area (Å²) < 4.78 is 5.77. The lowest BCUT2D eigenvalue weighted by molar-refractivity contribution is -0.140. The number of benzene rings is 2. The molecular weight excluding hydrogens is 416 g/mol. The lowest BCUT2D eigenvalue weighted by Gasteiger charge is -2.28. The summed E-state index contributed by atoms with van der Waals surface area (Å²) in [5.74, 6) is -1.49. The normalized spacial score (nSPS) is 18.5. The van der Waals surface area contributed by atoms with E-state index in [2.05, 4.69) is 13.8 Å². The van der Waals surface area contributed by atoms with Crippen LogP contribution in [-0.4, -0.2) is 61.1 Å². The number of hydrogen-bond donors (Lipinski definition) is 0. The standard InChI is InChI=1S/C27H34N2O4/c1-18(2)17-33-21-12-13-22(19(3)16-21)25(30)23-24(20-10-7-6-8-11-20)29(27(32)26(23)31)15-9-14-28(4)5/h6-8,10-13,16,18,23-24H,9,14-15,17H2,1-5H3. The molecule has 176 valence electrons. The molecule has 2 aromatic rings. The van der Waals surface area contributed by atoms with Gasteiger partial charge in [0.05, 0.1) is 12.6 Å². The third-order valence-corrected chi connectivity index (χ3v) is 5.88. The summed E-state index contributed by atoms with van der Waals surface area (Å²) in [4.78, 5) is 43.4. The van der Waals surface area contributed by atoms with Gasteiger partial charge in [-0.05, 0) is 69.2 Å². The second-order valence-corrected chi connectivity index (χ2v) is 9.40. The Kier molecular flexibility index (Phi) is 8.03. The molecule has 1 saturated heterocycles. The molecule has 2 unspecified atom stereocenters. The molecule has 3 rings (SSSR count). The maximum absolute atomic E-state index is 13.7. The molecule has 0 radical (unpaired) electrons. The van der Waals surface area contributed by atoms with Crippen LogP contribution in [0.1, 0.15) is 47.8 Å². The van der Waals surface area contributed by atoms with Gasteiger partial charge in [-0.15, -0.1) is 0 Å². The van der Waals surface area contributed by atoms with Crippen LogP contribution in [-0.2, 0) is 9.59 Å². The largest absolute Gasteiger partial charge is 0.493 e. The molecule has 2 aromatic carbocycles. The summed E-state index contributed by atoms with van der Waals surface area (Å²) in [6.45, 7) is 7.77. The molecular formula is C27H34N2O4. The smallest absolute Gasteiger partial charge is 0.291 e. The topological polar surface area (TPSA) is 66.9 Å². The van der Waals surface area contributed by atoms with E-state index in [0.717, 1.165) is 24.1 Å². The van der Waals surface area contributed by atoms with Crippen molar-refractivity contribution in [1.29, 1.82) is 0 Å². The zero-order chi connectivity index (χ0) is 24.1. The minimum Gasteiger partial charge on any atom is -0.493 e. The van der Waals surface area contributed by atoms with Crippen LogP contribution in [0.3, 0.4) is 0 Å². The highest BCUT2D eigenvalue weighted by Gasteiger charge is 2.51. The van der Waals surface area contributed by atoms with E-state index in [1.807, 2.05) is 62.3 Å². The van der Waals surface area contributed by atoms with Crippen molar-refractivity contribution in [1.82, 2.24) is 9.80 Å². The summed E-state index contributed by atoms with van der Waals surface area (Å²) in [7, 11) is 3.94. The monoisotopic (exact) mass is 450 g/mol. The van der Waals surface area contributed by atoms with Crippen LogP contribution in [0.15, 0.2) is 48.5 Å². The highest BCUT2D eigenvalue weighted by molar-refractivity contribution is 6.44. The van der Waals surface area contributed by atoms with Crippen molar-refractivity contribution < 1.29 is 19.1 Å². The van der Waals surface area contributed by atoms with E-state index in [0.29, 0.717) is 30.4 Å². The summed E-state index contributed by atoms with van der Waals surface area (Å²) in [5.41, 5.74) is 1.99. The van der Waals surface area contributed by atoms with E-state index in [1.165, 1.54) is 0 Å². The molecule has 0 bridgehead atoms. The van der Waals surface area contributed by atoms with Crippen molar-refractivity contribution in [3.63, 3.8) is 0 Å². The second-order valence-electron chi connectivity index (χ2n) is 9.40. The quantitative estimate of drug-likeness (QED) is 0.312. The van der Waals surface area contributed by atoms with Gasteiger partial charge in [0, 0.05) is 12.1 Å². The molecule has 1 aliphatic heterocycles. The SMILES string of the molecule is Cc1cc(OCC(C)C)ccc1C(=O)C1C(=O)C(=O)N(CCCN(C)C)C1c1ccccc1. The number of Topliss-reactive ketones (excluding diaryl/α,β-unsaturated/α-hetero) is 2. The van der Waals surface area contributed by atoms with Gasteiger partial charge in [0.15, 0.2) is 5.78 Å². The zero-order valence-corrected chi connectivity index (χ0v) is 20.2. The highest BCUT2D eigenvalue weighted by Crippen LogP contribution is 2.38. The number of rotatable bonds is 10. The number of likely N-dealkylation sites (tertiary alicyclic amines) is 1. The molecule has 1 heterocycles. The van der Waals surface area contributed by atoms with Crippen LogP contribution in [0.25, 0.3) is 0 Å². The van der Waals surface area contributed by atoms with Crippen LogP contribution >= 0.6 is 0 Å². The molecule has 1 aliphatic rings. The first-order valence-corrected chi connectivity index (χ1v) is 11.5. The van der Waals surface area contributed by atoms with Crippen LogP contribution in [0.4, 0.5) is 0 Å². The Morgan fingerprint density at radius 3 is 2.39 bits per heavy atom. The molecule has 6 heteroatoms. The number of amides is 1. The predicted molar refractivity (Wildman–Crippen MR) is 128 cm³/mol. The van der Waals surface area contributed by atoms with Crippen molar-refractivity contribution in [2.75, 3.05) is 33.8 Å². The molecule has 33 heavy (non-hydrogen) atoms. The van der Waals surface area contributed by atoms with Crippen molar-refractivity contribution >= 4 is 17.5 Å². The van der Waals surface area contributed by atoms with E-state index in [9.17, 15) is 14.4 Å². The van der Waals surface area contributed by atoms with Gasteiger partial charge >= 0.3 is 0 Å². The average molecular weight is 451 g/mol. The second kappa shape index (κ2) is 10.8. The fourth-order valence-corrected chi connectivity index (χ4v) is 4.24. The first-order chi connectivity index (χ1) is 15.7. The summed E-state index contributed by atoms with van der Waals surface area (Å²) >= 11 is 0. The molecule has 2 atom stereocenters. The number of aryl methyl sites for hydroxylation is 1. The van der Waals surface area contributed by atoms with Gasteiger partial charge in [-0.2, -0.15) is 0 Å². The molecule has 0 spiro atoms. The molecule has 0 N–H and O–H groups in total. The molecule has 0 aromatic heterocycles. The van der Waals surface area contributed by atoms with E-state index < -0.39 is 23.7 Å². The molecule has 1 amide bonds. The van der Waals surface area contributed by atoms with Crippen molar-refractivity contribution in [3.05, 3.63) is 65.2 Å². The summed E-state index contributed by atoms with van der Waals surface area (Å²) in [6, 6.07) is 14.1. The average Bonchev–Trinajstić information content (AvgIpc) is 3.02. The first-order valence-electron chi connectivity index (χ1n) is 11.5. The van der Waals surface area contributed by atoms with Gasteiger partial charge in [-0.3, -0.25) is 14.4 Å². The number of carbonyl (C=O) groups excluding carboxylic acids is 3. The van der Waals surface area contributed by atoms with Crippen LogP contribution in [0.2, 0.25) is 0 Å². The van der Waals surface area contributed by atoms with E-state index in [-0.39, 0.29) is 5.78 Å². The lowest BCUT2D eigenvalue weighted by atomic mass is 9.85. The number of hydrogen-bond acceptors (Lipinski definition) is 5. The first kappa shape index (κ1) is 24.6.